The van der Waals surface area contributed by atoms with Crippen molar-refractivity contribution in [1.82, 2.24) is 34.6 Å². The Labute approximate surface area is 284 Å². The Bertz CT molecular complexity index is 1630. The number of nitrogens with one attached hydrogen (secondary N) is 2. The Morgan fingerprint density at radius 1 is 1.08 bits per heavy atom. The van der Waals surface area contributed by atoms with Crippen LogP contribution >= 0.6 is 0 Å². The third-order valence-corrected chi connectivity index (χ3v) is 10.0. The molecule has 0 saturated carbocycles. The fourth-order valence-electron chi connectivity index (χ4n) is 7.73. The molecule has 3 aromatic rings. The number of imidazole rings is 1. The van der Waals surface area contributed by atoms with Gasteiger partial charge in [0.2, 0.25) is 5.95 Å². The molecule has 48 heavy (non-hydrogen) atoms. The van der Waals surface area contributed by atoms with E-state index >= 15 is 0 Å². The van der Waals surface area contributed by atoms with Gasteiger partial charge in [-0.1, -0.05) is 20.8 Å². The maximum absolute atomic E-state index is 13.3. The number of fused-ring (bicyclic) bond motifs is 3. The number of nitriles is 1. The molecule has 6 rings (SSSR count). The third kappa shape index (κ3) is 6.84. The van der Waals surface area contributed by atoms with Gasteiger partial charge < -0.3 is 30.1 Å². The summed E-state index contributed by atoms with van der Waals surface area (Å²) in [6.45, 7) is 16.6. The van der Waals surface area contributed by atoms with Crippen LogP contribution in [0.15, 0.2) is 30.7 Å². The number of rotatable bonds is 10. The number of benzene rings is 1. The molecule has 0 aliphatic carbocycles. The average molecular weight is 655 g/mol. The molecule has 0 radical (unpaired) electrons. The van der Waals surface area contributed by atoms with Gasteiger partial charge in [-0.3, -0.25) is 9.36 Å². The van der Waals surface area contributed by atoms with Crippen LogP contribution in [-0.4, -0.2) is 93.2 Å². The summed E-state index contributed by atoms with van der Waals surface area (Å²) in [5.41, 5.74) is 3.29. The molecule has 3 aliphatic heterocycles. The van der Waals surface area contributed by atoms with E-state index in [1.165, 1.54) is 32.5 Å². The van der Waals surface area contributed by atoms with Crippen molar-refractivity contribution in [1.29, 1.82) is 5.26 Å². The van der Waals surface area contributed by atoms with Gasteiger partial charge in [0.15, 0.2) is 11.5 Å². The number of methoxy groups -OCH3 is 1. The highest BCUT2D eigenvalue weighted by Gasteiger charge is 2.36. The zero-order chi connectivity index (χ0) is 33.9. The zero-order valence-electron chi connectivity index (χ0n) is 29.2. The highest BCUT2D eigenvalue weighted by Crippen LogP contribution is 2.42. The number of ether oxygens (including phenoxy) is 1. The summed E-state index contributed by atoms with van der Waals surface area (Å²) in [5, 5.41) is 16.3. The molecule has 0 bridgehead atoms. The summed E-state index contributed by atoms with van der Waals surface area (Å²) in [6.07, 6.45) is 8.64. The lowest BCUT2D eigenvalue weighted by molar-refractivity contribution is 0.0739. The van der Waals surface area contributed by atoms with Crippen molar-refractivity contribution in [3.05, 3.63) is 47.7 Å². The van der Waals surface area contributed by atoms with Gasteiger partial charge in [0.1, 0.15) is 23.8 Å². The van der Waals surface area contributed by atoms with E-state index in [0.29, 0.717) is 34.7 Å². The molecule has 2 fully saturated rings. The first-order valence-electron chi connectivity index (χ1n) is 17.6. The highest BCUT2D eigenvalue weighted by atomic mass is 16.5. The topological polar surface area (TPSA) is 127 Å². The van der Waals surface area contributed by atoms with E-state index in [4.69, 9.17) is 9.72 Å². The van der Waals surface area contributed by atoms with E-state index in [1.54, 1.807) is 25.7 Å². The number of carbonyl (C=O) groups excluding carboxylic acids is 1. The second-order valence-corrected chi connectivity index (χ2v) is 14.0. The van der Waals surface area contributed by atoms with Crippen LogP contribution in [0.25, 0.3) is 5.69 Å². The second kappa shape index (κ2) is 14.5. The highest BCUT2D eigenvalue weighted by molar-refractivity contribution is 5.95. The molecule has 1 amide bonds. The van der Waals surface area contributed by atoms with Crippen molar-refractivity contribution in [2.24, 2.45) is 5.92 Å². The van der Waals surface area contributed by atoms with Crippen LogP contribution in [-0.2, 0) is 0 Å². The van der Waals surface area contributed by atoms with Gasteiger partial charge in [0.25, 0.3) is 5.91 Å². The smallest absolute Gasteiger partial charge is 0.251 e. The Kier molecular flexibility index (Phi) is 10.2. The quantitative estimate of drug-likeness (QED) is 0.298. The van der Waals surface area contributed by atoms with Crippen molar-refractivity contribution in [2.45, 2.75) is 90.9 Å². The minimum Gasteiger partial charge on any atom is -0.495 e. The number of nitrogens with zero attached hydrogens (tertiary/aromatic N) is 8. The van der Waals surface area contributed by atoms with Gasteiger partial charge in [0.05, 0.1) is 30.7 Å². The fourth-order valence-corrected chi connectivity index (χ4v) is 7.73. The van der Waals surface area contributed by atoms with Crippen LogP contribution in [0.4, 0.5) is 17.5 Å². The van der Waals surface area contributed by atoms with E-state index in [-0.39, 0.29) is 24.0 Å². The first-order chi connectivity index (χ1) is 23.2. The van der Waals surface area contributed by atoms with Crippen molar-refractivity contribution >= 4 is 23.4 Å². The van der Waals surface area contributed by atoms with Crippen molar-refractivity contribution in [3.63, 3.8) is 0 Å². The maximum Gasteiger partial charge on any atom is 0.251 e. The molecule has 0 unspecified atom stereocenters. The molecule has 0 spiro atoms. The molecule has 1 aromatic carbocycles. The van der Waals surface area contributed by atoms with Gasteiger partial charge in [-0.25, -0.2) is 9.97 Å². The summed E-state index contributed by atoms with van der Waals surface area (Å²) in [6, 6.07) is 8.57. The molecule has 256 valence electrons. The minimum absolute atomic E-state index is 0.0512. The standard InChI is InChI=1S/C36H50N10O2/c1-7-30-33-29(19-37)39-22-45(33)31-20-38-36(42-34(31)46(30)24(4)5)41-28-9-8-25(18-32(28)48-6)35(47)40-26-10-16-44(17-11-26)27-12-14-43(15-13-27)21-23(2)3/h8-9,18,20,22-24,26-27,30H,7,10-17,21H2,1-6H3,(H,40,47)(H,38,41,42)/t30-/m1/s1. The lowest BCUT2D eigenvalue weighted by atomic mass is 9.97. The molecular weight excluding hydrogens is 604 g/mol. The van der Waals surface area contributed by atoms with Crippen LogP contribution in [0.3, 0.4) is 0 Å². The number of anilines is 3. The summed E-state index contributed by atoms with van der Waals surface area (Å²) in [4.78, 5) is 34.7. The lowest BCUT2D eigenvalue weighted by Crippen LogP contribution is -2.51. The molecule has 3 aliphatic rings. The Hall–Kier alpha value is -4.21. The Morgan fingerprint density at radius 3 is 2.48 bits per heavy atom. The van der Waals surface area contributed by atoms with Crippen molar-refractivity contribution in [3.8, 4) is 17.5 Å². The van der Waals surface area contributed by atoms with Gasteiger partial charge in [-0.05, 0) is 83.2 Å². The molecule has 1 atom stereocenters. The first kappa shape index (κ1) is 33.7. The summed E-state index contributed by atoms with van der Waals surface area (Å²) >= 11 is 0. The number of carbonyl (C=O) groups is 1. The fraction of sp³-hybridized carbons (Fsp3) is 0.583. The lowest BCUT2D eigenvalue weighted by Gasteiger charge is -2.42. The number of aromatic nitrogens is 4. The number of hydrogen-bond acceptors (Lipinski definition) is 10. The van der Waals surface area contributed by atoms with Crippen LogP contribution < -0.4 is 20.3 Å². The molecule has 2 N–H and O–H groups in total. The largest absolute Gasteiger partial charge is 0.495 e. The van der Waals surface area contributed by atoms with Crippen molar-refractivity contribution in [2.75, 3.05) is 50.1 Å². The third-order valence-electron chi connectivity index (χ3n) is 10.0. The zero-order valence-corrected chi connectivity index (χ0v) is 29.2. The SMILES string of the molecule is CC[C@@H]1c2c(C#N)ncn2-c2cnc(Nc3ccc(C(=O)NC4CCN(C5CCN(CC(C)C)CC5)CC4)cc3OC)nc2N1C(C)C. The summed E-state index contributed by atoms with van der Waals surface area (Å²) < 4.78 is 7.65. The first-order valence-corrected chi connectivity index (χ1v) is 17.6. The summed E-state index contributed by atoms with van der Waals surface area (Å²) in [7, 11) is 1.60. The molecule has 2 aromatic heterocycles. The van der Waals surface area contributed by atoms with Gasteiger partial charge in [0, 0.05) is 43.3 Å². The molecule has 12 nitrogen and oxygen atoms in total. The predicted molar refractivity (Wildman–Crippen MR) is 187 cm³/mol. The monoisotopic (exact) mass is 654 g/mol. The van der Waals surface area contributed by atoms with E-state index in [2.05, 4.69) is 76.0 Å². The normalized spacial score (nSPS) is 19.2. The number of hydrogen-bond donors (Lipinski definition) is 2. The molecule has 12 heteroatoms. The summed E-state index contributed by atoms with van der Waals surface area (Å²) in [5.74, 6) is 2.34. The number of piperidine rings is 2. The molecule has 5 heterocycles. The van der Waals surface area contributed by atoms with Gasteiger partial charge in [-0.2, -0.15) is 10.2 Å². The van der Waals surface area contributed by atoms with Crippen LogP contribution in [0.1, 0.15) is 94.5 Å². The van der Waals surface area contributed by atoms with E-state index < -0.39 is 0 Å². The van der Waals surface area contributed by atoms with E-state index in [0.717, 1.165) is 55.5 Å². The van der Waals surface area contributed by atoms with Crippen molar-refractivity contribution < 1.29 is 9.53 Å². The Morgan fingerprint density at radius 2 is 1.83 bits per heavy atom. The molecular formula is C36H50N10O2. The second-order valence-electron chi connectivity index (χ2n) is 14.0. The predicted octanol–water partition coefficient (Wildman–Crippen LogP) is 5.28. The van der Waals surface area contributed by atoms with E-state index in [1.807, 2.05) is 16.7 Å². The molecule has 2 saturated heterocycles. The minimum atomic E-state index is -0.0867. The number of amides is 1. The van der Waals surface area contributed by atoms with Crippen LogP contribution in [0.2, 0.25) is 0 Å². The van der Waals surface area contributed by atoms with Gasteiger partial charge in [-0.15, -0.1) is 0 Å². The Balaban J connectivity index is 1.10. The van der Waals surface area contributed by atoms with Crippen LogP contribution in [0, 0.1) is 17.2 Å². The van der Waals surface area contributed by atoms with E-state index in [9.17, 15) is 10.1 Å². The van der Waals surface area contributed by atoms with Crippen LogP contribution in [0.5, 0.6) is 5.75 Å². The average Bonchev–Trinajstić information content (AvgIpc) is 3.52. The maximum atomic E-state index is 13.3. The van der Waals surface area contributed by atoms with Gasteiger partial charge >= 0.3 is 0 Å². The number of likely N-dealkylation sites (tertiary alicyclic amines) is 2.